The van der Waals surface area contributed by atoms with Gasteiger partial charge < -0.3 is 10.1 Å². The van der Waals surface area contributed by atoms with Gasteiger partial charge in [-0.25, -0.2) is 14.6 Å². The standard InChI is InChI=1S/C19H14F3N3O4S2/c1-2-29-16(27)10-5-7-11(8-6-10)23-17(28)25-18-24-13(12-4-3-9-30-12)14(31-18)15(26)19(20,21)22/h3-9H,2H2,1H3,(H2,23,24,25,28). The lowest BCUT2D eigenvalue weighted by atomic mass is 10.2. The number of thiophene rings is 1. The van der Waals surface area contributed by atoms with Crippen molar-refractivity contribution in [2.75, 3.05) is 17.2 Å². The Morgan fingerprint density at radius 3 is 2.39 bits per heavy atom. The molecule has 2 N–H and O–H groups in total. The largest absolute Gasteiger partial charge is 0.462 e. The number of carbonyl (C=O) groups excluding carboxylic acids is 3. The average Bonchev–Trinajstić information content (AvgIpc) is 3.37. The molecule has 0 radical (unpaired) electrons. The lowest BCUT2D eigenvalue weighted by Crippen LogP contribution is -2.22. The van der Waals surface area contributed by atoms with Crippen molar-refractivity contribution in [3.8, 4) is 10.6 Å². The Morgan fingerprint density at radius 1 is 1.10 bits per heavy atom. The number of aromatic nitrogens is 1. The number of nitrogens with zero attached hydrogens (tertiary/aromatic N) is 1. The molecule has 12 heteroatoms. The van der Waals surface area contributed by atoms with Gasteiger partial charge in [0.25, 0.3) is 5.78 Å². The minimum Gasteiger partial charge on any atom is -0.462 e. The fourth-order valence-electron chi connectivity index (χ4n) is 2.40. The van der Waals surface area contributed by atoms with E-state index in [1.54, 1.807) is 18.4 Å². The average molecular weight is 469 g/mol. The zero-order chi connectivity index (χ0) is 22.6. The van der Waals surface area contributed by atoms with E-state index < -0.39 is 28.8 Å². The van der Waals surface area contributed by atoms with E-state index in [1.807, 2.05) is 0 Å². The Hall–Kier alpha value is -3.25. The minimum absolute atomic E-state index is 0.142. The molecule has 2 heterocycles. The minimum atomic E-state index is -5.07. The third-order valence-corrected chi connectivity index (χ3v) is 5.57. The molecule has 0 saturated heterocycles. The van der Waals surface area contributed by atoms with Crippen LogP contribution in [0.25, 0.3) is 10.6 Å². The topological polar surface area (TPSA) is 97.4 Å². The van der Waals surface area contributed by atoms with Gasteiger partial charge in [-0.2, -0.15) is 13.2 Å². The summed E-state index contributed by atoms with van der Waals surface area (Å²) in [5.41, 5.74) is 0.479. The number of nitrogens with one attached hydrogen (secondary N) is 2. The van der Waals surface area contributed by atoms with E-state index in [-0.39, 0.29) is 17.4 Å². The Kier molecular flexibility index (Phi) is 6.71. The highest BCUT2D eigenvalue weighted by Crippen LogP contribution is 2.37. The summed E-state index contributed by atoms with van der Waals surface area (Å²) in [6.45, 7) is 1.90. The Morgan fingerprint density at radius 2 is 1.81 bits per heavy atom. The molecule has 0 saturated carbocycles. The monoisotopic (exact) mass is 469 g/mol. The van der Waals surface area contributed by atoms with E-state index in [0.29, 0.717) is 27.5 Å². The predicted molar refractivity (Wildman–Crippen MR) is 111 cm³/mol. The molecule has 0 aliphatic rings. The van der Waals surface area contributed by atoms with Crippen LogP contribution in [0.15, 0.2) is 41.8 Å². The number of hydrogen-bond donors (Lipinski definition) is 2. The number of hydrogen-bond acceptors (Lipinski definition) is 7. The normalized spacial score (nSPS) is 11.1. The summed E-state index contributed by atoms with van der Waals surface area (Å²) >= 11 is 1.55. The molecule has 1 aromatic carbocycles. The first-order valence-electron chi connectivity index (χ1n) is 8.70. The predicted octanol–water partition coefficient (Wildman–Crippen LogP) is 5.44. The molecule has 3 aromatic rings. The van der Waals surface area contributed by atoms with Gasteiger partial charge in [0.05, 0.1) is 17.0 Å². The van der Waals surface area contributed by atoms with Crippen LogP contribution in [0.2, 0.25) is 0 Å². The number of carbonyl (C=O) groups is 3. The molecule has 0 spiro atoms. The highest BCUT2D eigenvalue weighted by molar-refractivity contribution is 7.19. The summed E-state index contributed by atoms with van der Waals surface area (Å²) in [5, 5.41) is 6.26. The second-order valence-electron chi connectivity index (χ2n) is 5.88. The number of rotatable bonds is 6. The van der Waals surface area contributed by atoms with E-state index in [9.17, 15) is 27.6 Å². The van der Waals surface area contributed by atoms with Crippen molar-refractivity contribution in [2.24, 2.45) is 0 Å². The van der Waals surface area contributed by atoms with Crippen molar-refractivity contribution in [2.45, 2.75) is 13.1 Å². The van der Waals surface area contributed by atoms with Gasteiger partial charge in [0, 0.05) is 5.69 Å². The molecule has 31 heavy (non-hydrogen) atoms. The van der Waals surface area contributed by atoms with Crippen molar-refractivity contribution in [1.82, 2.24) is 4.98 Å². The summed E-state index contributed by atoms with van der Waals surface area (Å²) in [7, 11) is 0. The summed E-state index contributed by atoms with van der Waals surface area (Å²) in [4.78, 5) is 39.4. The van der Waals surface area contributed by atoms with Gasteiger partial charge in [-0.15, -0.1) is 11.3 Å². The maximum atomic E-state index is 13.0. The lowest BCUT2D eigenvalue weighted by molar-refractivity contribution is -0.0882. The van der Waals surface area contributed by atoms with Crippen LogP contribution in [-0.4, -0.2) is 35.6 Å². The maximum Gasteiger partial charge on any atom is 0.455 e. The van der Waals surface area contributed by atoms with Crippen LogP contribution < -0.4 is 10.6 Å². The van der Waals surface area contributed by atoms with Crippen LogP contribution in [0.4, 0.5) is 28.8 Å². The summed E-state index contributed by atoms with van der Waals surface area (Å²) < 4.78 is 43.7. The van der Waals surface area contributed by atoms with E-state index in [4.69, 9.17) is 4.74 Å². The molecule has 0 aliphatic carbocycles. The number of esters is 1. The van der Waals surface area contributed by atoms with E-state index in [1.165, 1.54) is 30.3 Å². The molecular formula is C19H14F3N3O4S2. The summed E-state index contributed by atoms with van der Waals surface area (Å²) in [5.74, 6) is -2.54. The van der Waals surface area contributed by atoms with E-state index >= 15 is 0 Å². The first-order valence-corrected chi connectivity index (χ1v) is 10.4. The molecule has 162 valence electrons. The number of amides is 2. The van der Waals surface area contributed by atoms with Crippen LogP contribution in [0.5, 0.6) is 0 Å². The van der Waals surface area contributed by atoms with E-state index in [0.717, 1.165) is 11.3 Å². The highest BCUT2D eigenvalue weighted by atomic mass is 32.1. The van der Waals surface area contributed by atoms with Crippen molar-refractivity contribution < 1.29 is 32.3 Å². The van der Waals surface area contributed by atoms with Crippen LogP contribution >= 0.6 is 22.7 Å². The first kappa shape index (κ1) is 22.4. The van der Waals surface area contributed by atoms with Gasteiger partial charge in [-0.05, 0) is 42.6 Å². The highest BCUT2D eigenvalue weighted by Gasteiger charge is 2.42. The molecule has 0 bridgehead atoms. The Labute approximate surface area is 181 Å². The van der Waals surface area contributed by atoms with Crippen LogP contribution in [0, 0.1) is 0 Å². The van der Waals surface area contributed by atoms with Crippen molar-refractivity contribution >= 4 is 51.3 Å². The number of anilines is 2. The zero-order valence-corrected chi connectivity index (χ0v) is 17.4. The van der Waals surface area contributed by atoms with Crippen LogP contribution in [0.1, 0.15) is 27.0 Å². The number of ether oxygens (including phenoxy) is 1. The van der Waals surface area contributed by atoms with Gasteiger partial charge in [-0.3, -0.25) is 10.1 Å². The van der Waals surface area contributed by atoms with Crippen LogP contribution in [0.3, 0.4) is 0 Å². The number of Topliss-reactive ketones (excluding diaryl/α,β-unsaturated/α-hetero) is 1. The molecule has 0 fully saturated rings. The second-order valence-corrected chi connectivity index (χ2v) is 7.82. The number of benzene rings is 1. The van der Waals surface area contributed by atoms with Crippen LogP contribution in [-0.2, 0) is 4.74 Å². The lowest BCUT2D eigenvalue weighted by Gasteiger charge is -2.06. The number of alkyl halides is 3. The fraction of sp³-hybridized carbons (Fsp3) is 0.158. The van der Waals surface area contributed by atoms with Crippen molar-refractivity contribution in [3.63, 3.8) is 0 Å². The molecule has 3 rings (SSSR count). The molecule has 2 aromatic heterocycles. The van der Waals surface area contributed by atoms with Gasteiger partial charge in [0.1, 0.15) is 10.6 Å². The molecule has 0 atom stereocenters. The van der Waals surface area contributed by atoms with Crippen molar-refractivity contribution in [3.05, 3.63) is 52.2 Å². The molecule has 0 aliphatic heterocycles. The fourth-order valence-corrected chi connectivity index (χ4v) is 4.12. The summed E-state index contributed by atoms with van der Waals surface area (Å²) in [6.07, 6.45) is -5.07. The zero-order valence-electron chi connectivity index (χ0n) is 15.8. The van der Waals surface area contributed by atoms with E-state index in [2.05, 4.69) is 15.6 Å². The molecular weight excluding hydrogens is 455 g/mol. The summed E-state index contributed by atoms with van der Waals surface area (Å²) in [6, 6.07) is 8.19. The quantitative estimate of drug-likeness (QED) is 0.370. The Bertz CT molecular complexity index is 1090. The first-order chi connectivity index (χ1) is 14.7. The number of ketones is 1. The van der Waals surface area contributed by atoms with Gasteiger partial charge in [0.2, 0.25) is 0 Å². The second kappa shape index (κ2) is 9.27. The van der Waals surface area contributed by atoms with Gasteiger partial charge in [0.15, 0.2) is 5.13 Å². The molecule has 2 amide bonds. The molecule has 0 unspecified atom stereocenters. The Balaban J connectivity index is 1.76. The third kappa shape index (κ3) is 5.47. The third-order valence-electron chi connectivity index (χ3n) is 3.72. The number of thiazole rings is 1. The van der Waals surface area contributed by atoms with Crippen molar-refractivity contribution in [1.29, 1.82) is 0 Å². The maximum absolute atomic E-state index is 13.0. The SMILES string of the molecule is CCOC(=O)c1ccc(NC(=O)Nc2nc(-c3cccs3)c(C(=O)C(F)(F)F)s2)cc1. The van der Waals surface area contributed by atoms with Gasteiger partial charge in [-0.1, -0.05) is 17.4 Å². The number of urea groups is 1. The van der Waals surface area contributed by atoms with Gasteiger partial charge >= 0.3 is 18.2 Å². The smallest absolute Gasteiger partial charge is 0.455 e. The molecule has 7 nitrogen and oxygen atoms in total. The number of halogens is 3.